The number of benzene rings is 2. The number of hydrogen-bond donors (Lipinski definition) is 1. The molecule has 4 rings (SSSR count). The van der Waals surface area contributed by atoms with Gasteiger partial charge in [0.15, 0.2) is 0 Å². The summed E-state index contributed by atoms with van der Waals surface area (Å²) in [4.78, 5) is 12.1. The number of thioether (sulfide) groups is 1. The second-order valence-electron chi connectivity index (χ2n) is 6.10. The van der Waals surface area contributed by atoms with Gasteiger partial charge in [-0.3, -0.25) is 4.79 Å². The molecule has 0 bridgehead atoms. The van der Waals surface area contributed by atoms with Crippen molar-refractivity contribution in [1.82, 2.24) is 25.5 Å². The number of tetrazole rings is 1. The zero-order valence-corrected chi connectivity index (χ0v) is 15.0. The molecule has 3 aromatic rings. The highest BCUT2D eigenvalue weighted by molar-refractivity contribution is 7.99. The number of carbonyl (C=O) groups excluding carboxylic acids is 1. The zero-order chi connectivity index (χ0) is 17.8. The van der Waals surface area contributed by atoms with Crippen LogP contribution in [0.25, 0.3) is 16.5 Å². The highest BCUT2D eigenvalue weighted by Gasteiger charge is 2.17. The molecule has 134 valence electrons. The van der Waals surface area contributed by atoms with E-state index in [4.69, 9.17) is 4.74 Å². The van der Waals surface area contributed by atoms with E-state index in [1.165, 1.54) is 11.8 Å². The van der Waals surface area contributed by atoms with Crippen LogP contribution in [-0.4, -0.2) is 51.1 Å². The second-order valence-corrected chi connectivity index (χ2v) is 7.04. The Hall–Kier alpha value is -2.45. The molecule has 2 aromatic carbocycles. The maximum absolute atomic E-state index is 12.1. The molecule has 1 aromatic heterocycles. The Morgan fingerprint density at radius 2 is 2.15 bits per heavy atom. The SMILES string of the molecule is O=C(CSc1nnnn1-c1cccc2ccccc12)NCC1CCCO1. The van der Waals surface area contributed by atoms with Crippen LogP contribution >= 0.6 is 11.8 Å². The highest BCUT2D eigenvalue weighted by atomic mass is 32.2. The van der Waals surface area contributed by atoms with E-state index < -0.39 is 0 Å². The topological polar surface area (TPSA) is 81.9 Å². The van der Waals surface area contributed by atoms with Gasteiger partial charge in [0.05, 0.1) is 17.5 Å². The number of amides is 1. The average molecular weight is 369 g/mol. The molecular formula is C18H19N5O2S. The van der Waals surface area contributed by atoms with Crippen LogP contribution in [0.1, 0.15) is 12.8 Å². The Kier molecular flexibility index (Phi) is 5.12. The molecule has 1 aliphatic heterocycles. The first-order valence-electron chi connectivity index (χ1n) is 8.59. The molecule has 1 N–H and O–H groups in total. The van der Waals surface area contributed by atoms with Crippen LogP contribution in [0.5, 0.6) is 0 Å². The normalized spacial score (nSPS) is 16.8. The van der Waals surface area contributed by atoms with E-state index in [1.807, 2.05) is 30.3 Å². The van der Waals surface area contributed by atoms with Crippen molar-refractivity contribution < 1.29 is 9.53 Å². The summed E-state index contributed by atoms with van der Waals surface area (Å²) in [7, 11) is 0. The molecule has 8 heteroatoms. The number of hydrogen-bond acceptors (Lipinski definition) is 6. The van der Waals surface area contributed by atoms with Crippen LogP contribution in [0, 0.1) is 0 Å². The summed E-state index contributed by atoms with van der Waals surface area (Å²) in [5.74, 6) is 0.218. The monoisotopic (exact) mass is 369 g/mol. The Labute approximate surface area is 155 Å². The van der Waals surface area contributed by atoms with Gasteiger partial charge >= 0.3 is 0 Å². The first-order chi connectivity index (χ1) is 12.8. The fraction of sp³-hybridized carbons (Fsp3) is 0.333. The largest absolute Gasteiger partial charge is 0.376 e. The van der Waals surface area contributed by atoms with E-state index in [9.17, 15) is 4.79 Å². The van der Waals surface area contributed by atoms with E-state index in [0.29, 0.717) is 11.7 Å². The lowest BCUT2D eigenvalue weighted by Gasteiger charge is -2.11. The standard InChI is InChI=1S/C18H19N5O2S/c24-17(19-11-14-7-4-10-25-14)12-26-18-20-21-22-23(18)16-9-3-6-13-5-1-2-8-15(13)16/h1-3,5-6,8-9,14H,4,7,10-12H2,(H,19,24). The highest BCUT2D eigenvalue weighted by Crippen LogP contribution is 2.25. The molecule has 1 amide bonds. The van der Waals surface area contributed by atoms with Crippen molar-refractivity contribution in [2.24, 2.45) is 0 Å². The van der Waals surface area contributed by atoms with Gasteiger partial charge in [0.1, 0.15) is 0 Å². The average Bonchev–Trinajstić information content (AvgIpc) is 3.36. The summed E-state index contributed by atoms with van der Waals surface area (Å²) < 4.78 is 7.19. The zero-order valence-electron chi connectivity index (χ0n) is 14.2. The van der Waals surface area contributed by atoms with E-state index in [1.54, 1.807) is 4.68 Å². The van der Waals surface area contributed by atoms with Gasteiger partial charge in [-0.2, -0.15) is 4.68 Å². The molecule has 26 heavy (non-hydrogen) atoms. The third kappa shape index (κ3) is 3.71. The molecule has 1 fully saturated rings. The first-order valence-corrected chi connectivity index (χ1v) is 9.57. The summed E-state index contributed by atoms with van der Waals surface area (Å²) in [6.45, 7) is 1.35. The number of carbonyl (C=O) groups is 1. The van der Waals surface area contributed by atoms with Crippen LogP contribution in [-0.2, 0) is 9.53 Å². The fourth-order valence-electron chi connectivity index (χ4n) is 3.03. The predicted octanol–water partition coefficient (Wildman–Crippen LogP) is 2.20. The van der Waals surface area contributed by atoms with Gasteiger partial charge in [-0.1, -0.05) is 48.2 Å². The molecule has 1 saturated heterocycles. The summed E-state index contributed by atoms with van der Waals surface area (Å²) in [5, 5.41) is 17.6. The molecule has 0 spiro atoms. The molecule has 0 saturated carbocycles. The smallest absolute Gasteiger partial charge is 0.230 e. The van der Waals surface area contributed by atoms with Crippen molar-refractivity contribution in [2.75, 3.05) is 18.9 Å². The van der Waals surface area contributed by atoms with Crippen molar-refractivity contribution in [3.05, 3.63) is 42.5 Å². The van der Waals surface area contributed by atoms with E-state index >= 15 is 0 Å². The quantitative estimate of drug-likeness (QED) is 0.671. The molecule has 1 aliphatic rings. The van der Waals surface area contributed by atoms with Crippen LogP contribution < -0.4 is 5.32 Å². The number of aromatic nitrogens is 4. The lowest BCUT2D eigenvalue weighted by Crippen LogP contribution is -2.32. The Morgan fingerprint density at radius 3 is 3.04 bits per heavy atom. The van der Waals surface area contributed by atoms with Crippen LogP contribution in [0.4, 0.5) is 0 Å². The fourth-order valence-corrected chi connectivity index (χ4v) is 3.74. The van der Waals surface area contributed by atoms with Gasteiger partial charge in [0.2, 0.25) is 11.1 Å². The maximum Gasteiger partial charge on any atom is 0.230 e. The van der Waals surface area contributed by atoms with Gasteiger partial charge < -0.3 is 10.1 Å². The first kappa shape index (κ1) is 17.0. The molecule has 0 radical (unpaired) electrons. The van der Waals surface area contributed by atoms with E-state index in [-0.39, 0.29) is 17.8 Å². The van der Waals surface area contributed by atoms with Crippen molar-refractivity contribution >= 4 is 28.4 Å². The lowest BCUT2D eigenvalue weighted by atomic mass is 10.1. The second kappa shape index (κ2) is 7.84. The molecule has 0 aliphatic carbocycles. The number of ether oxygens (including phenoxy) is 1. The van der Waals surface area contributed by atoms with Crippen LogP contribution in [0.3, 0.4) is 0 Å². The van der Waals surface area contributed by atoms with Crippen molar-refractivity contribution in [1.29, 1.82) is 0 Å². The minimum Gasteiger partial charge on any atom is -0.376 e. The minimum atomic E-state index is -0.0435. The summed E-state index contributed by atoms with van der Waals surface area (Å²) >= 11 is 1.32. The Balaban J connectivity index is 1.44. The Morgan fingerprint density at radius 1 is 1.27 bits per heavy atom. The third-order valence-electron chi connectivity index (χ3n) is 4.32. The number of rotatable bonds is 6. The Bertz CT molecular complexity index is 902. The number of nitrogens with zero attached hydrogens (tertiary/aromatic N) is 4. The number of nitrogens with one attached hydrogen (secondary N) is 1. The molecule has 7 nitrogen and oxygen atoms in total. The predicted molar refractivity (Wildman–Crippen MR) is 99.4 cm³/mol. The summed E-state index contributed by atoms with van der Waals surface area (Å²) in [6, 6.07) is 14.1. The van der Waals surface area contributed by atoms with Gasteiger partial charge in [-0.25, -0.2) is 0 Å². The van der Waals surface area contributed by atoms with Crippen molar-refractivity contribution in [3.8, 4) is 5.69 Å². The molecule has 1 unspecified atom stereocenters. The van der Waals surface area contributed by atoms with Gasteiger partial charge in [-0.15, -0.1) is 5.10 Å². The molecule has 2 heterocycles. The van der Waals surface area contributed by atoms with Gasteiger partial charge in [-0.05, 0) is 34.7 Å². The minimum absolute atomic E-state index is 0.0435. The van der Waals surface area contributed by atoms with E-state index in [0.717, 1.165) is 35.9 Å². The van der Waals surface area contributed by atoms with Crippen LogP contribution in [0.15, 0.2) is 47.6 Å². The summed E-state index contributed by atoms with van der Waals surface area (Å²) in [6.07, 6.45) is 2.21. The molecule has 1 atom stereocenters. The maximum atomic E-state index is 12.1. The third-order valence-corrected chi connectivity index (χ3v) is 5.24. The van der Waals surface area contributed by atoms with E-state index in [2.05, 4.69) is 33.0 Å². The van der Waals surface area contributed by atoms with Crippen molar-refractivity contribution in [2.45, 2.75) is 24.1 Å². The van der Waals surface area contributed by atoms with Crippen LogP contribution in [0.2, 0.25) is 0 Å². The molecular weight excluding hydrogens is 350 g/mol. The number of fused-ring (bicyclic) bond motifs is 1. The van der Waals surface area contributed by atoms with Crippen molar-refractivity contribution in [3.63, 3.8) is 0 Å². The summed E-state index contributed by atoms with van der Waals surface area (Å²) in [5.41, 5.74) is 0.898. The lowest BCUT2D eigenvalue weighted by molar-refractivity contribution is -0.119. The van der Waals surface area contributed by atoms with Gasteiger partial charge in [0.25, 0.3) is 0 Å². The van der Waals surface area contributed by atoms with Gasteiger partial charge in [0, 0.05) is 18.5 Å².